The van der Waals surface area contributed by atoms with Crippen molar-refractivity contribution in [1.29, 1.82) is 0 Å². The number of benzene rings is 1. The lowest BCUT2D eigenvalue weighted by atomic mass is 10.1. The van der Waals surface area contributed by atoms with Crippen molar-refractivity contribution in [3.8, 4) is 11.5 Å². The number of aryl methyl sites for hydroxylation is 1. The molecule has 7 nitrogen and oxygen atoms in total. The zero-order chi connectivity index (χ0) is 21.8. The fourth-order valence-corrected chi connectivity index (χ4v) is 3.34. The highest BCUT2D eigenvalue weighted by molar-refractivity contribution is 5.86. The minimum atomic E-state index is -0.171. The second-order valence-corrected chi connectivity index (χ2v) is 8.16. The number of fused-ring (bicyclic) bond motifs is 1. The lowest BCUT2D eigenvalue weighted by Crippen LogP contribution is -2.46. The largest absolute Gasteiger partial charge is 0.464 e. The Kier molecular flexibility index (Phi) is 6.70. The number of carbonyl (C=O) groups excluding carboxylic acids is 2. The maximum absolute atomic E-state index is 13.3. The van der Waals surface area contributed by atoms with E-state index in [0.29, 0.717) is 30.3 Å². The highest BCUT2D eigenvalue weighted by atomic mass is 16.7. The maximum Gasteiger partial charge on any atom is 0.242 e. The van der Waals surface area contributed by atoms with Gasteiger partial charge in [0.05, 0.1) is 6.54 Å². The summed E-state index contributed by atoms with van der Waals surface area (Å²) in [6, 6.07) is 9.33. The van der Waals surface area contributed by atoms with Crippen LogP contribution in [0.4, 0.5) is 0 Å². The van der Waals surface area contributed by atoms with Crippen molar-refractivity contribution < 1.29 is 23.5 Å². The van der Waals surface area contributed by atoms with Gasteiger partial charge in [-0.25, -0.2) is 0 Å². The molecule has 0 spiro atoms. The van der Waals surface area contributed by atoms with Crippen LogP contribution in [0.25, 0.3) is 0 Å². The van der Waals surface area contributed by atoms with Crippen molar-refractivity contribution in [3.05, 3.63) is 47.4 Å². The number of rotatable bonds is 8. The molecule has 2 heterocycles. The standard InChI is InChI=1S/C23H30N2O5/c1-15(2)23(27)25(16(3)4)13-22(26)24(12-19-8-6-17(5)30-19)11-18-7-9-20-21(10-18)29-14-28-20/h6-10,15-16H,11-14H2,1-5H3. The van der Waals surface area contributed by atoms with Crippen LogP contribution in [-0.4, -0.2) is 41.0 Å². The van der Waals surface area contributed by atoms with Crippen LogP contribution in [0.15, 0.2) is 34.7 Å². The summed E-state index contributed by atoms with van der Waals surface area (Å²) in [6.07, 6.45) is 0. The van der Waals surface area contributed by atoms with Gasteiger partial charge in [0.15, 0.2) is 11.5 Å². The number of hydrogen-bond acceptors (Lipinski definition) is 5. The Balaban J connectivity index is 1.80. The molecule has 1 aliphatic heterocycles. The lowest BCUT2D eigenvalue weighted by molar-refractivity contribution is -0.144. The molecule has 0 unspecified atom stereocenters. The van der Waals surface area contributed by atoms with Crippen molar-refractivity contribution in [2.45, 2.75) is 53.8 Å². The zero-order valence-electron chi connectivity index (χ0n) is 18.3. The monoisotopic (exact) mass is 414 g/mol. The Morgan fingerprint density at radius 3 is 2.37 bits per heavy atom. The minimum Gasteiger partial charge on any atom is -0.464 e. The fourth-order valence-electron chi connectivity index (χ4n) is 3.34. The van der Waals surface area contributed by atoms with E-state index in [1.807, 2.05) is 65.0 Å². The average Bonchev–Trinajstić information content (AvgIpc) is 3.32. The van der Waals surface area contributed by atoms with Crippen LogP contribution in [-0.2, 0) is 22.7 Å². The van der Waals surface area contributed by atoms with Crippen LogP contribution in [0.1, 0.15) is 44.8 Å². The van der Waals surface area contributed by atoms with Crippen molar-refractivity contribution in [2.75, 3.05) is 13.3 Å². The van der Waals surface area contributed by atoms with E-state index < -0.39 is 0 Å². The average molecular weight is 415 g/mol. The van der Waals surface area contributed by atoms with Gasteiger partial charge in [-0.3, -0.25) is 9.59 Å². The van der Waals surface area contributed by atoms with E-state index >= 15 is 0 Å². The normalized spacial score (nSPS) is 12.5. The molecule has 1 aromatic carbocycles. The molecule has 162 valence electrons. The smallest absolute Gasteiger partial charge is 0.242 e. The van der Waals surface area contributed by atoms with Crippen LogP contribution in [0, 0.1) is 12.8 Å². The highest BCUT2D eigenvalue weighted by Gasteiger charge is 2.26. The van der Waals surface area contributed by atoms with Gasteiger partial charge in [0.25, 0.3) is 0 Å². The first-order valence-electron chi connectivity index (χ1n) is 10.3. The molecule has 2 amide bonds. The second kappa shape index (κ2) is 9.24. The summed E-state index contributed by atoms with van der Waals surface area (Å²) < 4.78 is 16.5. The van der Waals surface area contributed by atoms with Crippen LogP contribution in [0.3, 0.4) is 0 Å². The minimum absolute atomic E-state index is 0.0267. The van der Waals surface area contributed by atoms with Gasteiger partial charge < -0.3 is 23.7 Å². The summed E-state index contributed by atoms with van der Waals surface area (Å²) in [5.74, 6) is 2.53. The van der Waals surface area contributed by atoms with Gasteiger partial charge >= 0.3 is 0 Å². The molecule has 1 aromatic heterocycles. The van der Waals surface area contributed by atoms with Crippen LogP contribution in [0.2, 0.25) is 0 Å². The van der Waals surface area contributed by atoms with Crippen molar-refractivity contribution in [2.24, 2.45) is 5.92 Å². The third-order valence-electron chi connectivity index (χ3n) is 5.01. The Morgan fingerprint density at radius 1 is 1.00 bits per heavy atom. The van der Waals surface area contributed by atoms with Gasteiger partial charge in [0, 0.05) is 18.5 Å². The molecule has 0 fully saturated rings. The maximum atomic E-state index is 13.3. The topological polar surface area (TPSA) is 72.2 Å². The molecule has 30 heavy (non-hydrogen) atoms. The molecule has 7 heteroatoms. The van der Waals surface area contributed by atoms with E-state index in [0.717, 1.165) is 11.3 Å². The predicted octanol–water partition coefficient (Wildman–Crippen LogP) is 3.74. The fraction of sp³-hybridized carbons (Fsp3) is 0.478. The molecule has 2 aromatic rings. The summed E-state index contributed by atoms with van der Waals surface area (Å²) >= 11 is 0. The Morgan fingerprint density at radius 2 is 1.73 bits per heavy atom. The first kappa shape index (κ1) is 21.7. The van der Waals surface area contributed by atoms with E-state index in [9.17, 15) is 9.59 Å². The van der Waals surface area contributed by atoms with E-state index in [-0.39, 0.29) is 37.1 Å². The first-order chi connectivity index (χ1) is 14.2. The molecule has 0 atom stereocenters. The highest BCUT2D eigenvalue weighted by Crippen LogP contribution is 2.33. The van der Waals surface area contributed by atoms with E-state index in [1.165, 1.54) is 0 Å². The molecule has 0 radical (unpaired) electrons. The van der Waals surface area contributed by atoms with Crippen LogP contribution in [0.5, 0.6) is 11.5 Å². The summed E-state index contributed by atoms with van der Waals surface area (Å²) in [7, 11) is 0. The van der Waals surface area contributed by atoms with Gasteiger partial charge in [-0.15, -0.1) is 0 Å². The number of carbonyl (C=O) groups is 2. The molecule has 1 aliphatic rings. The molecule has 0 saturated carbocycles. The van der Waals surface area contributed by atoms with E-state index in [2.05, 4.69) is 0 Å². The summed E-state index contributed by atoms with van der Waals surface area (Å²) in [4.78, 5) is 29.2. The number of hydrogen-bond donors (Lipinski definition) is 0. The summed E-state index contributed by atoms with van der Waals surface area (Å²) in [6.45, 7) is 10.3. The third-order valence-corrected chi connectivity index (χ3v) is 5.01. The quantitative estimate of drug-likeness (QED) is 0.658. The molecular weight excluding hydrogens is 384 g/mol. The van der Waals surface area contributed by atoms with Crippen molar-refractivity contribution in [3.63, 3.8) is 0 Å². The van der Waals surface area contributed by atoms with Gasteiger partial charge in [0.1, 0.15) is 18.1 Å². The Hall–Kier alpha value is -2.96. The SMILES string of the molecule is Cc1ccc(CN(Cc2ccc3c(c2)OCO3)C(=O)CN(C(=O)C(C)C)C(C)C)o1. The molecule has 0 N–H and O–H groups in total. The van der Waals surface area contributed by atoms with Crippen LogP contribution < -0.4 is 9.47 Å². The number of nitrogens with zero attached hydrogens (tertiary/aromatic N) is 2. The molecule has 0 saturated heterocycles. The molecule has 0 aliphatic carbocycles. The van der Waals surface area contributed by atoms with Crippen molar-refractivity contribution in [1.82, 2.24) is 9.80 Å². The number of furan rings is 1. The Bertz CT molecular complexity index is 903. The van der Waals surface area contributed by atoms with Gasteiger partial charge in [0.2, 0.25) is 18.6 Å². The van der Waals surface area contributed by atoms with E-state index in [1.54, 1.807) is 9.80 Å². The summed E-state index contributed by atoms with van der Waals surface area (Å²) in [5, 5.41) is 0. The summed E-state index contributed by atoms with van der Waals surface area (Å²) in [5.41, 5.74) is 0.919. The van der Waals surface area contributed by atoms with Crippen molar-refractivity contribution >= 4 is 11.8 Å². The van der Waals surface area contributed by atoms with Gasteiger partial charge in [-0.2, -0.15) is 0 Å². The Labute approximate surface area is 177 Å². The number of ether oxygens (including phenoxy) is 2. The van der Waals surface area contributed by atoms with E-state index in [4.69, 9.17) is 13.9 Å². The second-order valence-electron chi connectivity index (χ2n) is 8.16. The first-order valence-corrected chi connectivity index (χ1v) is 10.3. The predicted molar refractivity (Wildman–Crippen MR) is 112 cm³/mol. The van der Waals surface area contributed by atoms with Gasteiger partial charge in [-0.05, 0) is 50.6 Å². The lowest BCUT2D eigenvalue weighted by Gasteiger charge is -2.31. The third kappa shape index (κ3) is 5.14. The molecule has 0 bridgehead atoms. The molecule has 3 rings (SSSR count). The van der Waals surface area contributed by atoms with Crippen LogP contribution >= 0.6 is 0 Å². The molecular formula is C23H30N2O5. The van der Waals surface area contributed by atoms with Gasteiger partial charge in [-0.1, -0.05) is 19.9 Å². The number of amides is 2. The zero-order valence-corrected chi connectivity index (χ0v) is 18.3.